The second-order valence-corrected chi connectivity index (χ2v) is 11.8. The summed E-state index contributed by atoms with van der Waals surface area (Å²) < 4.78 is 53.4. The summed E-state index contributed by atoms with van der Waals surface area (Å²) in [6.45, 7) is 0. The minimum atomic E-state index is -3.69. The van der Waals surface area contributed by atoms with Gasteiger partial charge in [-0.1, -0.05) is 11.6 Å². The van der Waals surface area contributed by atoms with E-state index < -0.39 is 50.8 Å². The van der Waals surface area contributed by atoms with Crippen molar-refractivity contribution >= 4 is 33.3 Å². The first-order valence-electron chi connectivity index (χ1n) is 10.9. The van der Waals surface area contributed by atoms with Crippen molar-refractivity contribution in [3.8, 4) is 0 Å². The lowest BCUT2D eigenvalue weighted by molar-refractivity contribution is -0.122. The standard InChI is InChI=1S/C23H22ClF2N3O4S/c1-34(32,33)19-6-12(4-5-28-19)22(31)29-18(21(27)30)7-13-10-23(13,29)20(11-2-3-11)14-8-17(26)15(24)9-16(14)25/h4-6,8-9,11,13,18,20H,2-3,7,10H2,1H3,(H2,27,30)/t13?,18?,20-,23?/m1/s1. The molecule has 2 N–H and O–H groups in total. The predicted molar refractivity (Wildman–Crippen MR) is 119 cm³/mol. The largest absolute Gasteiger partial charge is 0.368 e. The molecule has 3 fully saturated rings. The normalized spacial score (nSPS) is 26.8. The lowest BCUT2D eigenvalue weighted by Crippen LogP contribution is -2.53. The number of fused-ring (bicyclic) bond motifs is 1. The smallest absolute Gasteiger partial charge is 0.255 e. The van der Waals surface area contributed by atoms with Gasteiger partial charge in [0, 0.05) is 23.9 Å². The van der Waals surface area contributed by atoms with Crippen LogP contribution in [0.3, 0.4) is 0 Å². The zero-order valence-corrected chi connectivity index (χ0v) is 19.7. The van der Waals surface area contributed by atoms with E-state index in [1.54, 1.807) is 0 Å². The van der Waals surface area contributed by atoms with Crippen LogP contribution in [0.1, 0.15) is 47.5 Å². The van der Waals surface area contributed by atoms with Crippen molar-refractivity contribution in [1.29, 1.82) is 0 Å². The minimum Gasteiger partial charge on any atom is -0.368 e. The number of hydrogen-bond donors (Lipinski definition) is 1. The number of hydrogen-bond acceptors (Lipinski definition) is 5. The van der Waals surface area contributed by atoms with Gasteiger partial charge in [-0.05, 0) is 67.3 Å². The number of carbonyl (C=O) groups is 2. The fourth-order valence-corrected chi connectivity index (χ4v) is 6.45. The van der Waals surface area contributed by atoms with Crippen LogP contribution in [0, 0.1) is 23.5 Å². The quantitative estimate of drug-likeness (QED) is 0.602. The van der Waals surface area contributed by atoms with E-state index in [1.807, 2.05) is 0 Å². The Hall–Kier alpha value is -2.59. The monoisotopic (exact) mass is 509 g/mol. The summed E-state index contributed by atoms with van der Waals surface area (Å²) in [5, 5.41) is -0.612. The lowest BCUT2D eigenvalue weighted by Gasteiger charge is -2.39. The Kier molecular flexibility index (Phi) is 5.25. The maximum atomic E-state index is 15.1. The molecule has 0 radical (unpaired) electrons. The molecule has 180 valence electrons. The second-order valence-electron chi connectivity index (χ2n) is 9.48. The third kappa shape index (κ3) is 3.58. The Morgan fingerprint density at radius 1 is 1.24 bits per heavy atom. The molecule has 3 unspecified atom stereocenters. The molecule has 11 heteroatoms. The summed E-state index contributed by atoms with van der Waals surface area (Å²) in [7, 11) is -3.69. The summed E-state index contributed by atoms with van der Waals surface area (Å²) in [4.78, 5) is 31.4. The molecule has 34 heavy (non-hydrogen) atoms. The number of benzene rings is 1. The van der Waals surface area contributed by atoms with Crippen LogP contribution in [0.15, 0.2) is 35.5 Å². The van der Waals surface area contributed by atoms with Gasteiger partial charge >= 0.3 is 0 Å². The zero-order valence-electron chi connectivity index (χ0n) is 18.2. The van der Waals surface area contributed by atoms with Crippen molar-refractivity contribution in [2.24, 2.45) is 17.6 Å². The van der Waals surface area contributed by atoms with E-state index in [0.717, 1.165) is 37.3 Å². The van der Waals surface area contributed by atoms with Crippen LogP contribution in [-0.4, -0.2) is 48.0 Å². The van der Waals surface area contributed by atoms with E-state index >= 15 is 4.39 Å². The van der Waals surface area contributed by atoms with Crippen LogP contribution < -0.4 is 5.73 Å². The van der Waals surface area contributed by atoms with Gasteiger partial charge in [0.15, 0.2) is 14.9 Å². The van der Waals surface area contributed by atoms with E-state index in [-0.39, 0.29) is 33.0 Å². The Morgan fingerprint density at radius 3 is 2.56 bits per heavy atom. The number of rotatable bonds is 6. The first-order chi connectivity index (χ1) is 15.9. The molecule has 1 aromatic carbocycles. The first-order valence-corrected chi connectivity index (χ1v) is 13.2. The fraction of sp³-hybridized carbons (Fsp3) is 0.435. The third-order valence-electron chi connectivity index (χ3n) is 7.30. The van der Waals surface area contributed by atoms with Crippen molar-refractivity contribution in [2.45, 2.75) is 48.2 Å². The minimum absolute atomic E-state index is 0.00558. The van der Waals surface area contributed by atoms with Crippen molar-refractivity contribution < 1.29 is 26.8 Å². The van der Waals surface area contributed by atoms with Crippen LogP contribution in [0.5, 0.6) is 0 Å². The Bertz CT molecular complexity index is 1330. The van der Waals surface area contributed by atoms with Crippen molar-refractivity contribution in [3.63, 3.8) is 0 Å². The van der Waals surface area contributed by atoms with Crippen LogP contribution in [-0.2, 0) is 14.6 Å². The van der Waals surface area contributed by atoms with Crippen LogP contribution in [0.2, 0.25) is 5.02 Å². The number of nitrogens with two attached hydrogens (primary N) is 1. The highest BCUT2D eigenvalue weighted by atomic mass is 35.5. The van der Waals surface area contributed by atoms with E-state index in [2.05, 4.69) is 4.98 Å². The summed E-state index contributed by atoms with van der Waals surface area (Å²) in [5.41, 5.74) is 4.89. The van der Waals surface area contributed by atoms with Crippen molar-refractivity contribution in [3.05, 3.63) is 58.2 Å². The molecule has 2 amide bonds. The zero-order chi connectivity index (χ0) is 24.6. The summed E-state index contributed by atoms with van der Waals surface area (Å²) in [6, 6.07) is 3.60. The van der Waals surface area contributed by atoms with E-state index in [1.165, 1.54) is 17.2 Å². The molecule has 0 bridgehead atoms. The molecule has 1 aliphatic heterocycles. The van der Waals surface area contributed by atoms with Gasteiger partial charge in [0.1, 0.15) is 17.7 Å². The maximum Gasteiger partial charge on any atom is 0.255 e. The molecule has 3 aliphatic rings. The molecule has 2 heterocycles. The van der Waals surface area contributed by atoms with Crippen molar-refractivity contribution in [1.82, 2.24) is 9.88 Å². The molecule has 1 aromatic heterocycles. The molecular weight excluding hydrogens is 488 g/mol. The highest BCUT2D eigenvalue weighted by Crippen LogP contribution is 2.69. The van der Waals surface area contributed by atoms with E-state index in [0.29, 0.717) is 12.8 Å². The number of piperidine rings is 1. The molecule has 2 saturated carbocycles. The fourth-order valence-electron chi connectivity index (χ4n) is 5.71. The van der Waals surface area contributed by atoms with Gasteiger partial charge in [0.25, 0.3) is 5.91 Å². The lowest BCUT2D eigenvalue weighted by atomic mass is 9.82. The highest BCUT2D eigenvalue weighted by Gasteiger charge is 2.73. The number of likely N-dealkylation sites (tertiary alicyclic amines) is 1. The molecule has 5 rings (SSSR count). The van der Waals surface area contributed by atoms with Crippen LogP contribution in [0.25, 0.3) is 0 Å². The summed E-state index contributed by atoms with van der Waals surface area (Å²) in [5.74, 6) is -3.37. The highest BCUT2D eigenvalue weighted by molar-refractivity contribution is 7.90. The number of carbonyl (C=O) groups excluding carboxylic acids is 2. The predicted octanol–water partition coefficient (Wildman–Crippen LogP) is 3.07. The summed E-state index contributed by atoms with van der Waals surface area (Å²) >= 11 is 5.77. The number of aromatic nitrogens is 1. The SMILES string of the molecule is CS(=O)(=O)c1cc(C(=O)N2C(C(N)=O)CC3CC32[C@@H](c2cc(F)c(Cl)cc2F)C2CC2)ccn1. The summed E-state index contributed by atoms with van der Waals surface area (Å²) in [6.07, 6.45) is 4.57. The van der Waals surface area contributed by atoms with E-state index in [4.69, 9.17) is 17.3 Å². The Labute approximate surface area is 200 Å². The first kappa shape index (κ1) is 23.2. The molecule has 0 spiro atoms. The van der Waals surface area contributed by atoms with Gasteiger partial charge in [-0.3, -0.25) is 9.59 Å². The van der Waals surface area contributed by atoms with E-state index in [9.17, 15) is 22.4 Å². The van der Waals surface area contributed by atoms with Crippen molar-refractivity contribution in [2.75, 3.05) is 6.26 Å². The molecule has 2 aliphatic carbocycles. The van der Waals surface area contributed by atoms with Gasteiger partial charge in [0.05, 0.1) is 10.6 Å². The Morgan fingerprint density at radius 2 is 1.94 bits per heavy atom. The van der Waals surface area contributed by atoms with Gasteiger partial charge in [0.2, 0.25) is 5.91 Å². The number of nitrogens with zero attached hydrogens (tertiary/aromatic N) is 2. The van der Waals surface area contributed by atoms with Crippen LogP contribution >= 0.6 is 11.6 Å². The molecular formula is C23H22ClF2N3O4S. The molecule has 2 aromatic rings. The molecule has 7 nitrogen and oxygen atoms in total. The van der Waals surface area contributed by atoms with Gasteiger partial charge in [-0.2, -0.15) is 0 Å². The second kappa shape index (κ2) is 7.71. The number of sulfone groups is 1. The Balaban J connectivity index is 1.63. The van der Waals surface area contributed by atoms with Gasteiger partial charge in [-0.25, -0.2) is 22.2 Å². The van der Waals surface area contributed by atoms with Gasteiger partial charge in [-0.15, -0.1) is 0 Å². The maximum absolute atomic E-state index is 15.1. The number of pyridine rings is 1. The topological polar surface area (TPSA) is 110 Å². The average Bonchev–Trinajstić information content (AvgIpc) is 3.69. The number of amides is 2. The van der Waals surface area contributed by atoms with Crippen LogP contribution in [0.4, 0.5) is 8.78 Å². The van der Waals surface area contributed by atoms with Gasteiger partial charge < -0.3 is 10.6 Å². The number of primary amides is 1. The number of halogens is 3. The average molecular weight is 510 g/mol. The molecule has 1 saturated heterocycles. The third-order valence-corrected chi connectivity index (χ3v) is 8.58. The molecule has 4 atom stereocenters.